The van der Waals surface area contributed by atoms with Crippen LogP contribution in [-0.2, 0) is 0 Å². The summed E-state index contributed by atoms with van der Waals surface area (Å²) in [6.45, 7) is 2.00. The Morgan fingerprint density at radius 1 is 1.35 bits per heavy atom. The van der Waals surface area contributed by atoms with Crippen molar-refractivity contribution in [2.24, 2.45) is 0 Å². The highest BCUT2D eigenvalue weighted by Crippen LogP contribution is 2.23. The maximum atomic E-state index is 12.3. The zero-order valence-corrected chi connectivity index (χ0v) is 10.0. The van der Waals surface area contributed by atoms with Gasteiger partial charge in [-0.1, -0.05) is 0 Å². The molecule has 3 nitrogen and oxygen atoms in total. The van der Waals surface area contributed by atoms with Crippen LogP contribution in [0.25, 0.3) is 10.9 Å². The second kappa shape index (κ2) is 3.82. The number of carbonyl (C=O) groups is 1. The van der Waals surface area contributed by atoms with E-state index in [4.69, 9.17) is 0 Å². The van der Waals surface area contributed by atoms with Gasteiger partial charge in [0.1, 0.15) is 0 Å². The maximum Gasteiger partial charge on any atom is 0.205 e. The monoisotopic (exact) mass is 242 g/mol. The normalized spacial score (nSPS) is 10.9. The Hall–Kier alpha value is -1.94. The first-order chi connectivity index (χ1) is 8.25. The van der Waals surface area contributed by atoms with Crippen LogP contribution in [0.5, 0.6) is 0 Å². The van der Waals surface area contributed by atoms with Gasteiger partial charge >= 0.3 is 0 Å². The van der Waals surface area contributed by atoms with Crippen LogP contribution in [0.3, 0.4) is 0 Å². The molecule has 0 aliphatic heterocycles. The van der Waals surface area contributed by atoms with Crippen molar-refractivity contribution in [3.8, 4) is 0 Å². The van der Waals surface area contributed by atoms with Gasteiger partial charge in [0.05, 0.1) is 10.4 Å². The van der Waals surface area contributed by atoms with Crippen LogP contribution >= 0.6 is 11.3 Å². The van der Waals surface area contributed by atoms with Gasteiger partial charge < -0.3 is 4.98 Å². The van der Waals surface area contributed by atoms with Gasteiger partial charge in [-0.05, 0) is 25.1 Å². The van der Waals surface area contributed by atoms with Crippen molar-refractivity contribution >= 4 is 28.0 Å². The Kier molecular flexibility index (Phi) is 2.30. The van der Waals surface area contributed by atoms with E-state index >= 15 is 0 Å². The van der Waals surface area contributed by atoms with Crippen LogP contribution in [0.15, 0.2) is 36.8 Å². The minimum Gasteiger partial charge on any atom is -0.360 e. The van der Waals surface area contributed by atoms with Gasteiger partial charge in [0, 0.05) is 34.4 Å². The Labute approximate surface area is 102 Å². The molecular weight excluding hydrogens is 232 g/mol. The number of H-pyrrole nitrogens is 1. The van der Waals surface area contributed by atoms with Gasteiger partial charge in [0.2, 0.25) is 5.78 Å². The topological polar surface area (TPSA) is 45.8 Å². The number of hydrogen-bond donors (Lipinski definition) is 1. The lowest BCUT2D eigenvalue weighted by atomic mass is 10.1. The number of aromatic amines is 1. The molecule has 0 aromatic carbocycles. The van der Waals surface area contributed by atoms with Gasteiger partial charge in [-0.15, -0.1) is 11.3 Å². The Balaban J connectivity index is 2.13. The Morgan fingerprint density at radius 3 is 3.00 bits per heavy atom. The number of ketones is 1. The fraction of sp³-hybridized carbons (Fsp3) is 0.0769. The van der Waals surface area contributed by atoms with E-state index < -0.39 is 0 Å². The Morgan fingerprint density at radius 2 is 2.24 bits per heavy atom. The number of aryl methyl sites for hydroxylation is 1. The third-order valence-corrected chi connectivity index (χ3v) is 3.69. The van der Waals surface area contributed by atoms with Gasteiger partial charge in [-0.25, -0.2) is 0 Å². The summed E-state index contributed by atoms with van der Waals surface area (Å²) in [6.07, 6.45) is 5.19. The summed E-state index contributed by atoms with van der Waals surface area (Å²) >= 11 is 1.52. The molecule has 0 fully saturated rings. The molecule has 1 N–H and O–H groups in total. The molecule has 3 aromatic heterocycles. The summed E-state index contributed by atoms with van der Waals surface area (Å²) in [5.74, 6) is 0.0577. The zero-order chi connectivity index (χ0) is 11.8. The molecule has 84 valence electrons. The van der Waals surface area contributed by atoms with Crippen LogP contribution in [0, 0.1) is 6.92 Å². The summed E-state index contributed by atoms with van der Waals surface area (Å²) in [5.41, 5.74) is 1.63. The molecule has 17 heavy (non-hydrogen) atoms. The smallest absolute Gasteiger partial charge is 0.205 e. The van der Waals surface area contributed by atoms with E-state index in [2.05, 4.69) is 9.97 Å². The number of nitrogens with one attached hydrogen (secondary N) is 1. The van der Waals surface area contributed by atoms with E-state index in [1.807, 2.05) is 25.1 Å². The SMILES string of the molecule is Cc1ccc(C(=O)c2c[nH]c3ccncc23)s1. The molecule has 0 saturated carbocycles. The third kappa shape index (κ3) is 1.66. The quantitative estimate of drug-likeness (QED) is 0.701. The molecular formula is C13H10N2OS. The van der Waals surface area contributed by atoms with E-state index in [9.17, 15) is 4.79 Å². The van der Waals surface area contributed by atoms with E-state index in [1.54, 1.807) is 18.6 Å². The largest absolute Gasteiger partial charge is 0.360 e. The second-order valence-electron chi connectivity index (χ2n) is 3.86. The second-order valence-corrected chi connectivity index (χ2v) is 5.15. The minimum absolute atomic E-state index is 0.0577. The number of nitrogens with zero attached hydrogens (tertiary/aromatic N) is 1. The van der Waals surface area contributed by atoms with Gasteiger partial charge in [0.25, 0.3) is 0 Å². The van der Waals surface area contributed by atoms with Gasteiger partial charge in [-0.3, -0.25) is 9.78 Å². The molecule has 0 aliphatic rings. The summed E-state index contributed by atoms with van der Waals surface area (Å²) in [5, 5.41) is 0.878. The van der Waals surface area contributed by atoms with Crippen molar-refractivity contribution in [3.63, 3.8) is 0 Å². The number of pyridine rings is 1. The highest BCUT2D eigenvalue weighted by molar-refractivity contribution is 7.14. The first-order valence-electron chi connectivity index (χ1n) is 5.28. The van der Waals surface area contributed by atoms with Gasteiger partial charge in [0.15, 0.2) is 0 Å². The molecule has 0 aliphatic carbocycles. The number of rotatable bonds is 2. The average molecular weight is 242 g/mol. The van der Waals surface area contributed by atoms with Crippen molar-refractivity contribution in [2.45, 2.75) is 6.92 Å². The summed E-state index contributed by atoms with van der Waals surface area (Å²) in [6, 6.07) is 5.70. The van der Waals surface area contributed by atoms with E-state index in [-0.39, 0.29) is 5.78 Å². The molecule has 3 heterocycles. The van der Waals surface area contributed by atoms with E-state index in [0.29, 0.717) is 5.56 Å². The first kappa shape index (κ1) is 10.2. The van der Waals surface area contributed by atoms with Crippen LogP contribution in [0.1, 0.15) is 20.1 Å². The van der Waals surface area contributed by atoms with Gasteiger partial charge in [-0.2, -0.15) is 0 Å². The molecule has 0 bridgehead atoms. The Bertz CT molecular complexity index is 696. The third-order valence-electron chi connectivity index (χ3n) is 2.69. The van der Waals surface area contributed by atoms with Crippen molar-refractivity contribution < 1.29 is 4.79 Å². The number of thiophene rings is 1. The first-order valence-corrected chi connectivity index (χ1v) is 6.09. The summed E-state index contributed by atoms with van der Waals surface area (Å²) in [7, 11) is 0. The van der Waals surface area contributed by atoms with Crippen LogP contribution < -0.4 is 0 Å². The lowest BCUT2D eigenvalue weighted by molar-refractivity contribution is 0.104. The molecule has 0 atom stereocenters. The lowest BCUT2D eigenvalue weighted by Crippen LogP contribution is -1.96. The molecule has 3 rings (SSSR count). The maximum absolute atomic E-state index is 12.3. The standard InChI is InChI=1S/C13H10N2OS/c1-8-2-3-12(17-8)13(16)10-7-15-11-4-5-14-6-9(10)11/h2-7,15H,1H3. The number of carbonyl (C=O) groups excluding carboxylic acids is 1. The number of hydrogen-bond acceptors (Lipinski definition) is 3. The molecule has 0 unspecified atom stereocenters. The molecule has 4 heteroatoms. The lowest BCUT2D eigenvalue weighted by Gasteiger charge is -1.95. The molecule has 0 amide bonds. The molecule has 0 saturated heterocycles. The van der Waals surface area contributed by atoms with Crippen molar-refractivity contribution in [1.29, 1.82) is 0 Å². The fourth-order valence-electron chi connectivity index (χ4n) is 1.84. The zero-order valence-electron chi connectivity index (χ0n) is 9.23. The number of fused-ring (bicyclic) bond motifs is 1. The van der Waals surface area contributed by atoms with Crippen molar-refractivity contribution in [2.75, 3.05) is 0 Å². The predicted molar refractivity (Wildman–Crippen MR) is 68.6 cm³/mol. The van der Waals surface area contributed by atoms with E-state index in [0.717, 1.165) is 20.7 Å². The molecule has 0 spiro atoms. The highest BCUT2D eigenvalue weighted by atomic mass is 32.1. The predicted octanol–water partition coefficient (Wildman–Crippen LogP) is 3.16. The van der Waals surface area contributed by atoms with Crippen LogP contribution in [0.4, 0.5) is 0 Å². The van der Waals surface area contributed by atoms with Crippen molar-refractivity contribution in [3.05, 3.63) is 52.1 Å². The van der Waals surface area contributed by atoms with Crippen molar-refractivity contribution in [1.82, 2.24) is 9.97 Å². The van der Waals surface area contributed by atoms with E-state index in [1.165, 1.54) is 11.3 Å². The molecule has 3 aromatic rings. The number of aromatic nitrogens is 2. The summed E-state index contributed by atoms with van der Waals surface area (Å²) < 4.78 is 0. The summed E-state index contributed by atoms with van der Waals surface area (Å²) in [4.78, 5) is 21.4. The molecule has 0 radical (unpaired) electrons. The average Bonchev–Trinajstić information content (AvgIpc) is 2.94. The van der Waals surface area contributed by atoms with Crippen LogP contribution in [-0.4, -0.2) is 15.8 Å². The van der Waals surface area contributed by atoms with Crippen LogP contribution in [0.2, 0.25) is 0 Å². The fourth-order valence-corrected chi connectivity index (χ4v) is 2.66. The minimum atomic E-state index is 0.0577. The highest BCUT2D eigenvalue weighted by Gasteiger charge is 2.15.